The van der Waals surface area contributed by atoms with Gasteiger partial charge in [0, 0.05) is 5.33 Å². The van der Waals surface area contributed by atoms with Crippen molar-refractivity contribution >= 4 is 44.2 Å². The number of halogens is 2. The summed E-state index contributed by atoms with van der Waals surface area (Å²) in [7, 11) is 0. The van der Waals surface area contributed by atoms with E-state index in [0.29, 0.717) is 8.90 Å². The summed E-state index contributed by atoms with van der Waals surface area (Å²) in [6, 6.07) is 5.04. The van der Waals surface area contributed by atoms with Crippen molar-refractivity contribution in [3.8, 4) is 6.07 Å². The van der Waals surface area contributed by atoms with Crippen LogP contribution in [0.3, 0.4) is 0 Å². The predicted octanol–water partition coefficient (Wildman–Crippen LogP) is 2.97. The van der Waals surface area contributed by atoms with Crippen molar-refractivity contribution in [2.24, 2.45) is 0 Å². The average Bonchev–Trinajstić information content (AvgIpc) is 2.15. The molecule has 72 valence electrons. The zero-order valence-electron chi connectivity index (χ0n) is 6.83. The molecule has 0 aliphatic rings. The van der Waals surface area contributed by atoms with Crippen LogP contribution < -0.4 is 0 Å². The number of benzene rings is 1. The highest BCUT2D eigenvalue weighted by atomic mass is 127. The summed E-state index contributed by atoms with van der Waals surface area (Å²) >= 11 is 5.09. The molecule has 0 unspecified atom stereocenters. The van der Waals surface area contributed by atoms with Crippen LogP contribution in [-0.4, -0.2) is 4.92 Å². The van der Waals surface area contributed by atoms with Gasteiger partial charge in [-0.3, -0.25) is 10.1 Å². The molecule has 0 N–H and O–H groups in total. The van der Waals surface area contributed by atoms with Gasteiger partial charge in [-0.1, -0.05) is 15.9 Å². The van der Waals surface area contributed by atoms with Gasteiger partial charge in [0.1, 0.15) is 11.6 Å². The van der Waals surface area contributed by atoms with Gasteiger partial charge in [-0.15, -0.1) is 0 Å². The Morgan fingerprint density at radius 2 is 2.29 bits per heavy atom. The van der Waals surface area contributed by atoms with E-state index in [0.717, 1.165) is 5.56 Å². The van der Waals surface area contributed by atoms with Gasteiger partial charge in [-0.05, 0) is 40.3 Å². The van der Waals surface area contributed by atoms with Crippen LogP contribution >= 0.6 is 38.5 Å². The van der Waals surface area contributed by atoms with Gasteiger partial charge in [0.15, 0.2) is 0 Å². The SMILES string of the molecule is N#Cc1cc(CBr)cc(I)c1[N+](=O)[O-]. The van der Waals surface area contributed by atoms with Crippen molar-refractivity contribution < 1.29 is 4.92 Å². The summed E-state index contributed by atoms with van der Waals surface area (Å²) in [5.41, 5.74) is 0.853. The maximum Gasteiger partial charge on any atom is 0.300 e. The average molecular weight is 367 g/mol. The molecule has 0 atom stereocenters. The maximum absolute atomic E-state index is 10.6. The van der Waals surface area contributed by atoms with E-state index in [9.17, 15) is 10.1 Å². The first-order chi connectivity index (χ1) is 6.60. The van der Waals surface area contributed by atoms with Crippen LogP contribution in [0.2, 0.25) is 0 Å². The molecule has 0 radical (unpaired) electrons. The van der Waals surface area contributed by atoms with Crippen molar-refractivity contribution in [2.45, 2.75) is 5.33 Å². The molecule has 0 aliphatic carbocycles. The van der Waals surface area contributed by atoms with Crippen LogP contribution in [0.1, 0.15) is 11.1 Å². The highest BCUT2D eigenvalue weighted by molar-refractivity contribution is 14.1. The first-order valence-corrected chi connectivity index (χ1v) is 5.73. The Morgan fingerprint density at radius 3 is 2.71 bits per heavy atom. The van der Waals surface area contributed by atoms with E-state index in [2.05, 4.69) is 15.9 Å². The van der Waals surface area contributed by atoms with E-state index >= 15 is 0 Å². The number of hydrogen-bond acceptors (Lipinski definition) is 3. The van der Waals surface area contributed by atoms with E-state index in [1.165, 1.54) is 6.07 Å². The number of rotatable bonds is 2. The van der Waals surface area contributed by atoms with Crippen LogP contribution in [0.4, 0.5) is 5.69 Å². The summed E-state index contributed by atoms with van der Waals surface area (Å²) in [6.45, 7) is 0. The number of alkyl halides is 1. The zero-order valence-corrected chi connectivity index (χ0v) is 10.6. The van der Waals surface area contributed by atoms with Gasteiger partial charge in [0.05, 0.1) is 8.49 Å². The Hall–Kier alpha value is -0.680. The summed E-state index contributed by atoms with van der Waals surface area (Å²) in [6.07, 6.45) is 0. The van der Waals surface area contributed by atoms with E-state index in [1.807, 2.05) is 28.7 Å². The standard InChI is InChI=1S/C8H4BrIN2O2/c9-3-5-1-6(4-11)8(12(13)14)7(10)2-5/h1-2H,3H2. The minimum absolute atomic E-state index is 0.108. The predicted molar refractivity (Wildman–Crippen MR) is 63.2 cm³/mol. The van der Waals surface area contributed by atoms with E-state index < -0.39 is 4.92 Å². The lowest BCUT2D eigenvalue weighted by Crippen LogP contribution is -1.97. The fraction of sp³-hybridized carbons (Fsp3) is 0.125. The molecular formula is C8H4BrIN2O2. The third kappa shape index (κ3) is 2.22. The Balaban J connectivity index is 3.44. The van der Waals surface area contributed by atoms with Gasteiger partial charge < -0.3 is 0 Å². The zero-order chi connectivity index (χ0) is 10.7. The van der Waals surface area contributed by atoms with Crippen molar-refractivity contribution in [1.29, 1.82) is 5.26 Å². The number of nitriles is 1. The highest BCUT2D eigenvalue weighted by Gasteiger charge is 2.19. The summed E-state index contributed by atoms with van der Waals surface area (Å²) in [5.74, 6) is 0. The number of nitrogens with zero attached hydrogens (tertiary/aromatic N) is 2. The van der Waals surface area contributed by atoms with Crippen LogP contribution in [0.15, 0.2) is 12.1 Å². The van der Waals surface area contributed by atoms with E-state index in [1.54, 1.807) is 6.07 Å². The maximum atomic E-state index is 10.6. The molecular weight excluding hydrogens is 363 g/mol. The molecule has 0 aliphatic heterocycles. The third-order valence-corrected chi connectivity index (χ3v) is 3.05. The molecule has 6 heteroatoms. The Kier molecular flexibility index (Phi) is 3.83. The number of nitro groups is 1. The van der Waals surface area contributed by atoms with Crippen molar-refractivity contribution in [2.75, 3.05) is 0 Å². The fourth-order valence-corrected chi connectivity index (χ4v) is 2.21. The summed E-state index contributed by atoms with van der Waals surface area (Å²) < 4.78 is 0.487. The molecule has 14 heavy (non-hydrogen) atoms. The molecule has 0 amide bonds. The number of nitro benzene ring substituents is 1. The molecule has 0 spiro atoms. The van der Waals surface area contributed by atoms with Crippen LogP contribution in [0.5, 0.6) is 0 Å². The second kappa shape index (κ2) is 4.70. The van der Waals surface area contributed by atoms with E-state index in [-0.39, 0.29) is 11.3 Å². The molecule has 1 aromatic rings. The quantitative estimate of drug-likeness (QED) is 0.350. The lowest BCUT2D eigenvalue weighted by atomic mass is 10.1. The van der Waals surface area contributed by atoms with Crippen molar-refractivity contribution in [3.05, 3.63) is 36.9 Å². The first kappa shape index (κ1) is 11.4. The molecule has 0 bridgehead atoms. The molecule has 0 aromatic heterocycles. The Bertz CT molecular complexity index is 428. The normalized spacial score (nSPS) is 9.50. The minimum atomic E-state index is -0.529. The van der Waals surface area contributed by atoms with Crippen LogP contribution in [-0.2, 0) is 5.33 Å². The van der Waals surface area contributed by atoms with Gasteiger partial charge in [0.2, 0.25) is 0 Å². The van der Waals surface area contributed by atoms with Gasteiger partial charge in [-0.2, -0.15) is 5.26 Å². The van der Waals surface area contributed by atoms with Crippen molar-refractivity contribution in [1.82, 2.24) is 0 Å². The molecule has 0 heterocycles. The van der Waals surface area contributed by atoms with Crippen LogP contribution in [0, 0.1) is 25.0 Å². The molecule has 1 rings (SSSR count). The van der Waals surface area contributed by atoms with Gasteiger partial charge >= 0.3 is 0 Å². The molecule has 1 aromatic carbocycles. The van der Waals surface area contributed by atoms with Crippen LogP contribution in [0.25, 0.3) is 0 Å². The topological polar surface area (TPSA) is 66.9 Å². The fourth-order valence-electron chi connectivity index (χ4n) is 1.00. The lowest BCUT2D eigenvalue weighted by molar-refractivity contribution is -0.386. The molecule has 0 fully saturated rings. The van der Waals surface area contributed by atoms with E-state index in [4.69, 9.17) is 5.26 Å². The monoisotopic (exact) mass is 366 g/mol. The minimum Gasteiger partial charge on any atom is -0.258 e. The smallest absolute Gasteiger partial charge is 0.258 e. The summed E-state index contributed by atoms with van der Waals surface area (Å²) in [4.78, 5) is 10.1. The van der Waals surface area contributed by atoms with Gasteiger partial charge in [0.25, 0.3) is 5.69 Å². The Labute approximate surface area is 102 Å². The summed E-state index contributed by atoms with van der Waals surface area (Å²) in [5, 5.41) is 20.0. The first-order valence-electron chi connectivity index (χ1n) is 3.53. The largest absolute Gasteiger partial charge is 0.300 e. The molecule has 4 nitrogen and oxygen atoms in total. The molecule has 0 saturated carbocycles. The van der Waals surface area contributed by atoms with Crippen molar-refractivity contribution in [3.63, 3.8) is 0 Å². The second-order valence-electron chi connectivity index (χ2n) is 2.48. The Morgan fingerprint density at radius 1 is 1.64 bits per heavy atom. The number of hydrogen-bond donors (Lipinski definition) is 0. The lowest BCUT2D eigenvalue weighted by Gasteiger charge is -2.00. The molecule has 0 saturated heterocycles. The second-order valence-corrected chi connectivity index (χ2v) is 4.20. The van der Waals surface area contributed by atoms with Gasteiger partial charge in [-0.25, -0.2) is 0 Å². The highest BCUT2D eigenvalue weighted by Crippen LogP contribution is 2.27. The third-order valence-electron chi connectivity index (χ3n) is 1.58.